The summed E-state index contributed by atoms with van der Waals surface area (Å²) in [5.41, 5.74) is 0.764. The zero-order valence-electron chi connectivity index (χ0n) is 7.40. The molecule has 0 unspecified atom stereocenters. The number of rotatable bonds is 4. The van der Waals surface area contributed by atoms with E-state index in [9.17, 15) is 9.18 Å². The van der Waals surface area contributed by atoms with E-state index in [1.165, 1.54) is 18.3 Å². The molecule has 3 nitrogen and oxygen atoms in total. The topological polar surface area (TPSA) is 49.3 Å². The fourth-order valence-electron chi connectivity index (χ4n) is 0.954. The molecular formula is C10H10FNO2. The molecule has 74 valence electrons. The Hall–Kier alpha value is -1.84. The van der Waals surface area contributed by atoms with Crippen LogP contribution >= 0.6 is 0 Å². The molecule has 0 bridgehead atoms. The van der Waals surface area contributed by atoms with Crippen LogP contribution in [0.1, 0.15) is 5.56 Å². The smallest absolute Gasteiger partial charge is 0.329 e. The zero-order valence-corrected chi connectivity index (χ0v) is 7.40. The molecule has 4 heteroatoms. The summed E-state index contributed by atoms with van der Waals surface area (Å²) in [5, 5.41) is 11.0. The van der Waals surface area contributed by atoms with Gasteiger partial charge in [-0.1, -0.05) is 12.1 Å². The molecule has 0 amide bonds. The maximum atomic E-state index is 12.7. The van der Waals surface area contributed by atoms with Gasteiger partial charge in [-0.25, -0.2) is 9.18 Å². The van der Waals surface area contributed by atoms with Gasteiger partial charge in [-0.3, -0.25) is 0 Å². The van der Waals surface area contributed by atoms with E-state index in [1.807, 2.05) is 0 Å². The number of hydrogen-bond donors (Lipinski definition) is 2. The molecule has 14 heavy (non-hydrogen) atoms. The first-order chi connectivity index (χ1) is 6.68. The van der Waals surface area contributed by atoms with Crippen molar-refractivity contribution in [1.29, 1.82) is 0 Å². The summed E-state index contributed by atoms with van der Waals surface area (Å²) in [5.74, 6) is -1.32. The molecule has 0 radical (unpaired) electrons. The minimum Gasteiger partial charge on any atom is -0.478 e. The van der Waals surface area contributed by atoms with E-state index >= 15 is 0 Å². The van der Waals surface area contributed by atoms with Crippen molar-refractivity contribution in [3.8, 4) is 0 Å². The predicted octanol–water partition coefficient (Wildman–Crippen LogP) is 1.51. The highest BCUT2D eigenvalue weighted by atomic mass is 19.1. The van der Waals surface area contributed by atoms with Crippen molar-refractivity contribution in [2.24, 2.45) is 0 Å². The lowest BCUT2D eigenvalue weighted by Gasteiger charge is -2.00. The molecule has 0 atom stereocenters. The number of benzene rings is 1. The van der Waals surface area contributed by atoms with Gasteiger partial charge in [0.05, 0.1) is 0 Å². The highest BCUT2D eigenvalue weighted by Gasteiger charge is 1.92. The maximum absolute atomic E-state index is 12.7. The Labute approximate surface area is 80.9 Å². The monoisotopic (exact) mass is 195 g/mol. The summed E-state index contributed by atoms with van der Waals surface area (Å²) >= 11 is 0. The van der Waals surface area contributed by atoms with Gasteiger partial charge >= 0.3 is 5.97 Å². The number of carbonyl (C=O) groups is 1. The number of halogens is 1. The number of hydrogen-bond acceptors (Lipinski definition) is 2. The van der Waals surface area contributed by atoms with Crippen LogP contribution in [-0.2, 0) is 11.3 Å². The highest BCUT2D eigenvalue weighted by molar-refractivity contribution is 5.79. The molecule has 0 saturated carbocycles. The average molecular weight is 195 g/mol. The molecule has 0 fully saturated rings. The lowest BCUT2D eigenvalue weighted by Crippen LogP contribution is -2.05. The lowest BCUT2D eigenvalue weighted by molar-refractivity contribution is -0.131. The van der Waals surface area contributed by atoms with Gasteiger partial charge in [0.2, 0.25) is 0 Å². The van der Waals surface area contributed by atoms with Crippen LogP contribution in [0.15, 0.2) is 36.5 Å². The second-order valence-electron chi connectivity index (χ2n) is 2.68. The summed E-state index contributed by atoms with van der Waals surface area (Å²) in [7, 11) is 0. The van der Waals surface area contributed by atoms with E-state index in [0.29, 0.717) is 6.54 Å². The van der Waals surface area contributed by atoms with Crippen LogP contribution in [0.5, 0.6) is 0 Å². The van der Waals surface area contributed by atoms with Crippen LogP contribution in [0.2, 0.25) is 0 Å². The van der Waals surface area contributed by atoms with E-state index < -0.39 is 5.97 Å². The zero-order chi connectivity index (χ0) is 10.4. The van der Waals surface area contributed by atoms with Gasteiger partial charge in [0.1, 0.15) is 5.82 Å². The van der Waals surface area contributed by atoms with E-state index in [-0.39, 0.29) is 5.82 Å². The fraction of sp³-hybridized carbons (Fsp3) is 0.100. The normalized spacial score (nSPS) is 10.4. The maximum Gasteiger partial charge on any atom is 0.329 e. The first kappa shape index (κ1) is 10.2. The Morgan fingerprint density at radius 2 is 2.36 bits per heavy atom. The molecular weight excluding hydrogens is 185 g/mol. The van der Waals surface area contributed by atoms with E-state index in [4.69, 9.17) is 5.11 Å². The molecule has 0 spiro atoms. The van der Waals surface area contributed by atoms with Gasteiger partial charge in [-0.2, -0.15) is 0 Å². The fourth-order valence-corrected chi connectivity index (χ4v) is 0.954. The minimum atomic E-state index is -1.02. The Bertz CT molecular complexity index is 350. The molecule has 0 aliphatic carbocycles. The molecule has 1 aromatic rings. The van der Waals surface area contributed by atoms with Crippen molar-refractivity contribution in [2.45, 2.75) is 6.54 Å². The summed E-state index contributed by atoms with van der Waals surface area (Å²) < 4.78 is 12.7. The number of aliphatic carboxylic acids is 1. The quantitative estimate of drug-likeness (QED) is 0.716. The van der Waals surface area contributed by atoms with Crippen LogP contribution in [0.4, 0.5) is 4.39 Å². The second kappa shape index (κ2) is 5.01. The first-order valence-electron chi connectivity index (χ1n) is 4.06. The van der Waals surface area contributed by atoms with Crippen LogP contribution in [-0.4, -0.2) is 11.1 Å². The molecule has 0 saturated heterocycles. The lowest BCUT2D eigenvalue weighted by atomic mass is 10.2. The van der Waals surface area contributed by atoms with Crippen molar-refractivity contribution >= 4 is 5.97 Å². The van der Waals surface area contributed by atoms with Gasteiger partial charge in [-0.05, 0) is 17.7 Å². The average Bonchev–Trinajstić information content (AvgIpc) is 2.12. The standard InChI is InChI=1S/C10H10FNO2/c11-9-3-1-2-8(6-9)7-12-5-4-10(13)14/h1-6,12H,7H2,(H,13,14)/b5-4+. The van der Waals surface area contributed by atoms with Crippen LogP contribution in [0, 0.1) is 5.82 Å². The summed E-state index contributed by atoms with van der Waals surface area (Å²) in [6.07, 6.45) is 2.30. The number of carboxylic acids is 1. The van der Waals surface area contributed by atoms with E-state index in [0.717, 1.165) is 11.6 Å². The van der Waals surface area contributed by atoms with Crippen molar-refractivity contribution in [1.82, 2.24) is 5.32 Å². The third-order valence-corrected chi connectivity index (χ3v) is 1.54. The molecule has 2 N–H and O–H groups in total. The third-order valence-electron chi connectivity index (χ3n) is 1.54. The Morgan fingerprint density at radius 3 is 3.00 bits per heavy atom. The molecule has 0 aliphatic heterocycles. The number of carboxylic acid groups (broad SMARTS) is 1. The van der Waals surface area contributed by atoms with Crippen LogP contribution < -0.4 is 5.32 Å². The summed E-state index contributed by atoms with van der Waals surface area (Å²) in [6.45, 7) is 0.404. The van der Waals surface area contributed by atoms with Gasteiger partial charge in [0.15, 0.2) is 0 Å². The second-order valence-corrected chi connectivity index (χ2v) is 2.68. The molecule has 1 rings (SSSR count). The molecule has 1 aromatic carbocycles. The SMILES string of the molecule is O=C(O)/C=C/NCc1cccc(F)c1. The minimum absolute atomic E-state index is 0.300. The van der Waals surface area contributed by atoms with Gasteiger partial charge in [0, 0.05) is 18.8 Å². The largest absolute Gasteiger partial charge is 0.478 e. The van der Waals surface area contributed by atoms with Gasteiger partial charge < -0.3 is 10.4 Å². The third kappa shape index (κ3) is 3.71. The first-order valence-corrected chi connectivity index (χ1v) is 4.06. The van der Waals surface area contributed by atoms with E-state index in [1.54, 1.807) is 12.1 Å². The summed E-state index contributed by atoms with van der Waals surface area (Å²) in [4.78, 5) is 10.1. The van der Waals surface area contributed by atoms with Gasteiger partial charge in [-0.15, -0.1) is 0 Å². The van der Waals surface area contributed by atoms with E-state index in [2.05, 4.69) is 5.32 Å². The van der Waals surface area contributed by atoms with Crippen molar-refractivity contribution in [3.63, 3.8) is 0 Å². The summed E-state index contributed by atoms with van der Waals surface area (Å²) in [6, 6.07) is 6.11. The molecule has 0 heterocycles. The van der Waals surface area contributed by atoms with Crippen molar-refractivity contribution in [2.75, 3.05) is 0 Å². The molecule has 0 aromatic heterocycles. The van der Waals surface area contributed by atoms with Crippen LogP contribution in [0.25, 0.3) is 0 Å². The predicted molar refractivity (Wildman–Crippen MR) is 50.0 cm³/mol. The highest BCUT2D eigenvalue weighted by Crippen LogP contribution is 2.02. The Morgan fingerprint density at radius 1 is 1.57 bits per heavy atom. The molecule has 0 aliphatic rings. The van der Waals surface area contributed by atoms with Crippen molar-refractivity contribution in [3.05, 3.63) is 47.9 Å². The number of nitrogens with one attached hydrogen (secondary N) is 1. The van der Waals surface area contributed by atoms with Crippen LogP contribution in [0.3, 0.4) is 0 Å². The van der Waals surface area contributed by atoms with Gasteiger partial charge in [0.25, 0.3) is 0 Å². The Kier molecular flexibility index (Phi) is 3.67. The van der Waals surface area contributed by atoms with Crippen molar-refractivity contribution < 1.29 is 14.3 Å². The Balaban J connectivity index is 2.42.